The van der Waals surface area contributed by atoms with E-state index in [1.807, 2.05) is 0 Å². The molecule has 2 atom stereocenters. The third-order valence-corrected chi connectivity index (χ3v) is 3.51. The molecule has 0 fully saturated rings. The summed E-state index contributed by atoms with van der Waals surface area (Å²) in [7, 11) is 0. The Morgan fingerprint density at radius 2 is 0.970 bits per heavy atom. The van der Waals surface area contributed by atoms with Crippen molar-refractivity contribution in [3.63, 3.8) is 0 Å². The number of hydrogen-bond donors (Lipinski definition) is 0. The van der Waals surface area contributed by atoms with Crippen molar-refractivity contribution in [1.29, 1.82) is 0 Å². The molecule has 15 heteroatoms. The number of pyridine rings is 2. The monoisotopic (exact) mass is 684 g/mol. The van der Waals surface area contributed by atoms with Crippen LogP contribution in [-0.4, -0.2) is 20.2 Å². The predicted molar refractivity (Wildman–Crippen MR) is 114 cm³/mol. The molecule has 0 spiro atoms. The van der Waals surface area contributed by atoms with Crippen LogP contribution >= 0.6 is 19.8 Å². The van der Waals surface area contributed by atoms with Crippen molar-refractivity contribution < 1.29 is 46.1 Å². The minimum absolute atomic E-state index is 0. The summed E-state index contributed by atoms with van der Waals surface area (Å²) in [6, 6.07) is 11.6. The molecule has 0 aromatic carbocycles. The van der Waals surface area contributed by atoms with Gasteiger partial charge in [-0.25, -0.2) is 0 Å². The van der Waals surface area contributed by atoms with Gasteiger partial charge in [-0.3, -0.25) is 9.97 Å². The Hall–Kier alpha value is -2.20. The molecular formula is C18H16F6N6OsP2. The summed E-state index contributed by atoms with van der Waals surface area (Å²) in [6.45, 7) is 0. The van der Waals surface area contributed by atoms with Gasteiger partial charge in [-0.15, -0.1) is 0 Å². The Bertz CT molecular complexity index is 999. The maximum absolute atomic E-state index is 12.2. The van der Waals surface area contributed by atoms with Crippen molar-refractivity contribution in [3.8, 4) is 22.8 Å². The standard InChI is InChI=1S/2C9H5F3N3.Os.2H3P/c2*10-9(11,12)8-5-7(14-15-8)6-3-1-2-4-13-6;;;/h2*1-5H;;2*1H3/q2*-1;+2;;. The molecule has 2 unspecified atom stereocenters. The average Bonchev–Trinajstić information content (AvgIpc) is 3.40. The molecule has 0 amide bonds. The Morgan fingerprint density at radius 1 is 0.606 bits per heavy atom. The van der Waals surface area contributed by atoms with Crippen LogP contribution in [0.25, 0.3) is 22.8 Å². The van der Waals surface area contributed by atoms with Crippen LogP contribution in [0.5, 0.6) is 0 Å². The van der Waals surface area contributed by atoms with Gasteiger partial charge >= 0.3 is 32.1 Å². The molecule has 4 aromatic rings. The van der Waals surface area contributed by atoms with E-state index in [4.69, 9.17) is 0 Å². The summed E-state index contributed by atoms with van der Waals surface area (Å²) in [5.41, 5.74) is -0.988. The second-order valence-corrected chi connectivity index (χ2v) is 5.66. The fourth-order valence-corrected chi connectivity index (χ4v) is 2.15. The molecule has 0 aliphatic heterocycles. The van der Waals surface area contributed by atoms with Gasteiger partial charge in [0.15, 0.2) is 0 Å². The summed E-state index contributed by atoms with van der Waals surface area (Å²) in [6.07, 6.45) is -5.95. The second kappa shape index (κ2) is 12.9. The average molecular weight is 683 g/mol. The van der Waals surface area contributed by atoms with Gasteiger partial charge in [0.2, 0.25) is 0 Å². The van der Waals surface area contributed by atoms with Crippen molar-refractivity contribution in [2.75, 3.05) is 0 Å². The molecule has 178 valence electrons. The molecule has 0 radical (unpaired) electrons. The zero-order valence-electron chi connectivity index (χ0n) is 16.5. The molecular weight excluding hydrogens is 666 g/mol. The van der Waals surface area contributed by atoms with E-state index in [9.17, 15) is 26.3 Å². The van der Waals surface area contributed by atoms with Crippen LogP contribution in [0.1, 0.15) is 11.4 Å². The molecule has 0 saturated heterocycles. The van der Waals surface area contributed by atoms with Crippen molar-refractivity contribution in [2.24, 2.45) is 0 Å². The molecule has 0 saturated carbocycles. The summed E-state index contributed by atoms with van der Waals surface area (Å²) < 4.78 is 73.2. The minimum Gasteiger partial charge on any atom is -0.573 e. The van der Waals surface area contributed by atoms with Crippen LogP contribution < -0.4 is 10.2 Å². The van der Waals surface area contributed by atoms with Crippen molar-refractivity contribution in [3.05, 3.63) is 72.3 Å². The number of halogens is 6. The van der Waals surface area contributed by atoms with Crippen LogP contribution in [0.2, 0.25) is 0 Å². The van der Waals surface area contributed by atoms with Gasteiger partial charge in [-0.05, 0) is 36.4 Å². The van der Waals surface area contributed by atoms with E-state index in [0.29, 0.717) is 11.4 Å². The summed E-state index contributed by atoms with van der Waals surface area (Å²) in [5.74, 6) is 0. The molecule has 4 heterocycles. The van der Waals surface area contributed by atoms with Crippen LogP contribution in [0.3, 0.4) is 0 Å². The normalized spacial score (nSPS) is 10.6. The minimum atomic E-state index is -4.46. The fourth-order valence-electron chi connectivity index (χ4n) is 2.15. The summed E-state index contributed by atoms with van der Waals surface area (Å²) in [4.78, 5) is 7.75. The first-order valence-electron chi connectivity index (χ1n) is 8.12. The zero-order valence-corrected chi connectivity index (χ0v) is 21.9. The van der Waals surface area contributed by atoms with Crippen LogP contribution in [-0.2, 0) is 32.1 Å². The molecule has 6 nitrogen and oxygen atoms in total. The van der Waals surface area contributed by atoms with E-state index in [2.05, 4.69) is 30.4 Å². The zero-order chi connectivity index (χ0) is 21.8. The maximum atomic E-state index is 12.2. The van der Waals surface area contributed by atoms with E-state index in [1.54, 1.807) is 36.4 Å². The van der Waals surface area contributed by atoms with E-state index < -0.39 is 23.7 Å². The molecule has 0 bridgehead atoms. The first kappa shape index (κ1) is 30.8. The number of rotatable bonds is 2. The largest absolute Gasteiger partial charge is 2.00 e. The first-order valence-corrected chi connectivity index (χ1v) is 8.12. The van der Waals surface area contributed by atoms with E-state index >= 15 is 0 Å². The fraction of sp³-hybridized carbons (Fsp3) is 0.111. The quantitative estimate of drug-likeness (QED) is 0.231. The molecule has 4 aromatic heterocycles. The molecule has 33 heavy (non-hydrogen) atoms. The number of nitrogens with zero attached hydrogens (tertiary/aromatic N) is 6. The van der Waals surface area contributed by atoms with Crippen LogP contribution in [0.4, 0.5) is 26.3 Å². The Kier molecular flexibility index (Phi) is 12.0. The van der Waals surface area contributed by atoms with E-state index in [1.165, 1.54) is 12.4 Å². The third kappa shape index (κ3) is 8.58. The summed E-state index contributed by atoms with van der Waals surface area (Å²) in [5, 5.41) is 12.9. The predicted octanol–water partition coefficient (Wildman–Crippen LogP) is 4.35. The number of aromatic nitrogens is 6. The van der Waals surface area contributed by atoms with E-state index in [0.717, 1.165) is 12.1 Å². The van der Waals surface area contributed by atoms with Crippen molar-refractivity contribution >= 4 is 19.8 Å². The van der Waals surface area contributed by atoms with Gasteiger partial charge in [0.25, 0.3) is 0 Å². The van der Waals surface area contributed by atoms with E-state index in [-0.39, 0.29) is 51.0 Å². The number of hydrogen-bond acceptors (Lipinski definition) is 4. The maximum Gasteiger partial charge on any atom is 2.00 e. The van der Waals surface area contributed by atoms with Crippen molar-refractivity contribution in [1.82, 2.24) is 30.4 Å². The van der Waals surface area contributed by atoms with Gasteiger partial charge in [-0.2, -0.15) is 46.1 Å². The topological polar surface area (TPSA) is 79.8 Å². The SMILES string of the molecule is FC(F)(F)c1cc(-c2ccccn2)[n-]n1.FC(F)(F)c1cc(-c2ccccn2)[n-]n1.P.P.[Os+2]. The molecule has 4 rings (SSSR count). The van der Waals surface area contributed by atoms with Crippen LogP contribution in [0.15, 0.2) is 60.9 Å². The smallest absolute Gasteiger partial charge is 0.573 e. The van der Waals surface area contributed by atoms with Gasteiger partial charge in [0.05, 0.1) is 0 Å². The second-order valence-electron chi connectivity index (χ2n) is 5.66. The van der Waals surface area contributed by atoms with Gasteiger partial charge < -0.3 is 20.4 Å². The Balaban J connectivity index is 0.000000569. The van der Waals surface area contributed by atoms with Gasteiger partial charge in [0, 0.05) is 23.8 Å². The van der Waals surface area contributed by atoms with Gasteiger partial charge in [-0.1, -0.05) is 23.5 Å². The molecule has 0 N–H and O–H groups in total. The number of alkyl halides is 6. The van der Waals surface area contributed by atoms with Gasteiger partial charge in [0.1, 0.15) is 11.4 Å². The Labute approximate surface area is 203 Å². The molecule has 0 aliphatic rings. The summed E-state index contributed by atoms with van der Waals surface area (Å²) >= 11 is 0. The van der Waals surface area contributed by atoms with Crippen molar-refractivity contribution in [2.45, 2.75) is 12.4 Å². The molecule has 0 aliphatic carbocycles. The first-order chi connectivity index (χ1) is 14.1. The van der Waals surface area contributed by atoms with Crippen LogP contribution in [0, 0.1) is 0 Å². The Morgan fingerprint density at radius 3 is 1.21 bits per heavy atom. The third-order valence-electron chi connectivity index (χ3n) is 3.51.